The fourth-order valence-corrected chi connectivity index (χ4v) is 2.82. The summed E-state index contributed by atoms with van der Waals surface area (Å²) >= 11 is 0. The van der Waals surface area contributed by atoms with Crippen LogP contribution >= 0.6 is 0 Å². The SMILES string of the molecule is CC1(C)CC(O)c2c(OCC(=O)c3ccccc3)cccc2O1. The van der Waals surface area contributed by atoms with Crippen LogP contribution in [0.15, 0.2) is 48.5 Å². The van der Waals surface area contributed by atoms with Crippen LogP contribution in [-0.2, 0) is 0 Å². The summed E-state index contributed by atoms with van der Waals surface area (Å²) in [5.41, 5.74) is 0.799. The number of aliphatic hydroxyl groups is 1. The van der Waals surface area contributed by atoms with E-state index in [1.807, 2.05) is 38.1 Å². The van der Waals surface area contributed by atoms with Gasteiger partial charge in [-0.3, -0.25) is 4.79 Å². The Morgan fingerprint density at radius 2 is 1.96 bits per heavy atom. The van der Waals surface area contributed by atoms with Gasteiger partial charge in [0.1, 0.15) is 17.1 Å². The van der Waals surface area contributed by atoms with Crippen molar-refractivity contribution in [3.05, 3.63) is 59.7 Å². The third-order valence-electron chi connectivity index (χ3n) is 3.89. The molecule has 1 aliphatic heterocycles. The first-order chi connectivity index (χ1) is 11.0. The van der Waals surface area contributed by atoms with Crippen molar-refractivity contribution in [2.45, 2.75) is 32.0 Å². The van der Waals surface area contributed by atoms with Gasteiger partial charge in [0.15, 0.2) is 12.4 Å². The summed E-state index contributed by atoms with van der Waals surface area (Å²) in [6, 6.07) is 14.4. The van der Waals surface area contributed by atoms with E-state index in [9.17, 15) is 9.90 Å². The lowest BCUT2D eigenvalue weighted by atomic mass is 9.91. The van der Waals surface area contributed by atoms with Crippen LogP contribution in [0.25, 0.3) is 0 Å². The van der Waals surface area contributed by atoms with Gasteiger partial charge in [0.25, 0.3) is 0 Å². The van der Waals surface area contributed by atoms with E-state index in [0.29, 0.717) is 29.0 Å². The molecule has 0 radical (unpaired) electrons. The lowest BCUT2D eigenvalue weighted by molar-refractivity contribution is 0.00961. The maximum absolute atomic E-state index is 12.2. The van der Waals surface area contributed by atoms with E-state index in [1.54, 1.807) is 24.3 Å². The number of rotatable bonds is 4. The van der Waals surface area contributed by atoms with Crippen LogP contribution < -0.4 is 9.47 Å². The molecule has 0 spiro atoms. The first kappa shape index (κ1) is 15.6. The summed E-state index contributed by atoms with van der Waals surface area (Å²) in [7, 11) is 0. The highest BCUT2D eigenvalue weighted by atomic mass is 16.5. The molecule has 0 aliphatic carbocycles. The maximum atomic E-state index is 12.2. The Morgan fingerprint density at radius 1 is 1.22 bits per heavy atom. The highest BCUT2D eigenvalue weighted by Gasteiger charge is 2.34. The minimum Gasteiger partial charge on any atom is -0.487 e. The van der Waals surface area contributed by atoms with Crippen molar-refractivity contribution < 1.29 is 19.4 Å². The first-order valence-electron chi connectivity index (χ1n) is 7.67. The highest BCUT2D eigenvalue weighted by molar-refractivity contribution is 5.97. The molecule has 0 saturated carbocycles. The zero-order chi connectivity index (χ0) is 16.4. The normalized spacial score (nSPS) is 18.7. The lowest BCUT2D eigenvalue weighted by Crippen LogP contribution is -2.35. The predicted octanol–water partition coefficient (Wildman–Crippen LogP) is 3.54. The van der Waals surface area contributed by atoms with Gasteiger partial charge < -0.3 is 14.6 Å². The summed E-state index contributed by atoms with van der Waals surface area (Å²) in [4.78, 5) is 12.2. The molecule has 0 saturated heterocycles. The predicted molar refractivity (Wildman–Crippen MR) is 87.0 cm³/mol. The standard InChI is InChI=1S/C19H20O4/c1-19(2)11-14(20)18-16(9-6-10-17(18)23-19)22-12-15(21)13-7-4-3-5-8-13/h3-10,14,20H,11-12H2,1-2H3. The number of hydrogen-bond acceptors (Lipinski definition) is 4. The Balaban J connectivity index is 1.79. The number of benzene rings is 2. The average Bonchev–Trinajstić information content (AvgIpc) is 2.51. The fourth-order valence-electron chi connectivity index (χ4n) is 2.82. The van der Waals surface area contributed by atoms with Gasteiger partial charge in [-0.15, -0.1) is 0 Å². The van der Waals surface area contributed by atoms with E-state index in [4.69, 9.17) is 9.47 Å². The second-order valence-electron chi connectivity index (χ2n) is 6.33. The zero-order valence-electron chi connectivity index (χ0n) is 13.3. The van der Waals surface area contributed by atoms with Gasteiger partial charge >= 0.3 is 0 Å². The topological polar surface area (TPSA) is 55.8 Å². The molecule has 4 nitrogen and oxygen atoms in total. The summed E-state index contributed by atoms with van der Waals surface area (Å²) in [6.45, 7) is 3.80. The highest BCUT2D eigenvalue weighted by Crippen LogP contribution is 2.44. The van der Waals surface area contributed by atoms with Gasteiger partial charge in [-0.05, 0) is 26.0 Å². The quantitative estimate of drug-likeness (QED) is 0.877. The van der Waals surface area contributed by atoms with Crippen molar-refractivity contribution in [3.63, 3.8) is 0 Å². The van der Waals surface area contributed by atoms with E-state index in [-0.39, 0.29) is 12.4 Å². The molecule has 23 heavy (non-hydrogen) atoms. The van der Waals surface area contributed by atoms with Gasteiger partial charge in [-0.1, -0.05) is 36.4 Å². The molecular weight excluding hydrogens is 292 g/mol. The smallest absolute Gasteiger partial charge is 0.200 e. The molecule has 2 aromatic rings. The molecule has 0 amide bonds. The minimum atomic E-state index is -0.670. The Bertz CT molecular complexity index is 707. The Hall–Kier alpha value is -2.33. The second kappa shape index (κ2) is 6.05. The number of hydrogen-bond donors (Lipinski definition) is 1. The molecule has 0 aromatic heterocycles. The maximum Gasteiger partial charge on any atom is 0.200 e. The van der Waals surface area contributed by atoms with Crippen molar-refractivity contribution in [2.75, 3.05) is 6.61 Å². The summed E-state index contributed by atoms with van der Waals surface area (Å²) in [5.74, 6) is 1.00. The number of fused-ring (bicyclic) bond motifs is 1. The first-order valence-corrected chi connectivity index (χ1v) is 7.67. The van der Waals surface area contributed by atoms with Crippen molar-refractivity contribution in [2.24, 2.45) is 0 Å². The second-order valence-corrected chi connectivity index (χ2v) is 6.33. The Labute approximate surface area is 135 Å². The Kier molecular flexibility index (Phi) is 4.09. The fraction of sp³-hybridized carbons (Fsp3) is 0.316. The van der Waals surface area contributed by atoms with Crippen LogP contribution in [0.5, 0.6) is 11.5 Å². The van der Waals surface area contributed by atoms with Gasteiger partial charge in [-0.2, -0.15) is 0 Å². The van der Waals surface area contributed by atoms with E-state index in [2.05, 4.69) is 0 Å². The van der Waals surface area contributed by atoms with Crippen molar-refractivity contribution in [1.82, 2.24) is 0 Å². The molecule has 1 atom stereocenters. The molecular formula is C19H20O4. The third-order valence-corrected chi connectivity index (χ3v) is 3.89. The van der Waals surface area contributed by atoms with Crippen LogP contribution in [0, 0.1) is 0 Å². The average molecular weight is 312 g/mol. The van der Waals surface area contributed by atoms with Crippen LogP contribution in [0.2, 0.25) is 0 Å². The molecule has 2 aromatic carbocycles. The van der Waals surface area contributed by atoms with Crippen molar-refractivity contribution in [1.29, 1.82) is 0 Å². The zero-order valence-corrected chi connectivity index (χ0v) is 13.3. The number of ether oxygens (including phenoxy) is 2. The van der Waals surface area contributed by atoms with Gasteiger partial charge in [0.05, 0.1) is 11.7 Å². The lowest BCUT2D eigenvalue weighted by Gasteiger charge is -2.36. The number of carbonyl (C=O) groups excluding carboxylic acids is 1. The van der Waals surface area contributed by atoms with Crippen LogP contribution in [0.4, 0.5) is 0 Å². The molecule has 4 heteroatoms. The third kappa shape index (κ3) is 3.37. The summed E-state index contributed by atoms with van der Waals surface area (Å²) < 4.78 is 11.6. The van der Waals surface area contributed by atoms with Crippen molar-refractivity contribution >= 4 is 5.78 Å². The van der Waals surface area contributed by atoms with E-state index < -0.39 is 11.7 Å². The van der Waals surface area contributed by atoms with Gasteiger partial charge in [-0.25, -0.2) is 0 Å². The van der Waals surface area contributed by atoms with Gasteiger partial charge in [0, 0.05) is 12.0 Å². The van der Waals surface area contributed by atoms with Crippen LogP contribution in [0.3, 0.4) is 0 Å². The number of ketones is 1. The molecule has 0 fully saturated rings. The van der Waals surface area contributed by atoms with Gasteiger partial charge in [0.2, 0.25) is 0 Å². The number of aliphatic hydroxyl groups excluding tert-OH is 1. The van der Waals surface area contributed by atoms with Crippen LogP contribution in [-0.4, -0.2) is 23.1 Å². The summed E-state index contributed by atoms with van der Waals surface area (Å²) in [5, 5.41) is 10.4. The molecule has 1 N–H and O–H groups in total. The minimum absolute atomic E-state index is 0.0728. The number of carbonyl (C=O) groups is 1. The van der Waals surface area contributed by atoms with Crippen molar-refractivity contribution in [3.8, 4) is 11.5 Å². The van der Waals surface area contributed by atoms with E-state index >= 15 is 0 Å². The van der Waals surface area contributed by atoms with Crippen LogP contribution in [0.1, 0.15) is 42.3 Å². The summed E-state index contributed by atoms with van der Waals surface area (Å²) in [6.07, 6.45) is -0.190. The van der Waals surface area contributed by atoms with E-state index in [1.165, 1.54) is 0 Å². The molecule has 1 unspecified atom stereocenters. The van der Waals surface area contributed by atoms with E-state index in [0.717, 1.165) is 0 Å². The largest absolute Gasteiger partial charge is 0.487 e. The molecule has 0 bridgehead atoms. The molecule has 120 valence electrons. The molecule has 1 heterocycles. The molecule has 1 aliphatic rings. The number of Topliss-reactive ketones (excluding diaryl/α,β-unsaturated/α-hetero) is 1. The molecule has 3 rings (SSSR count). The Morgan fingerprint density at radius 3 is 2.70 bits per heavy atom. The monoisotopic (exact) mass is 312 g/mol.